The molecule has 1 aliphatic heterocycles. The Labute approximate surface area is 262 Å². The number of halogens is 5. The lowest BCUT2D eigenvalue weighted by molar-refractivity contribution is -0.161. The van der Waals surface area contributed by atoms with Gasteiger partial charge in [0.05, 0.1) is 16.7 Å². The third kappa shape index (κ3) is 5.40. The first kappa shape index (κ1) is 31.5. The summed E-state index contributed by atoms with van der Waals surface area (Å²) in [4.78, 5) is 29.0. The highest BCUT2D eigenvalue weighted by Crippen LogP contribution is 2.60. The van der Waals surface area contributed by atoms with Crippen molar-refractivity contribution < 1.29 is 37.4 Å². The van der Waals surface area contributed by atoms with Crippen LogP contribution in [0, 0.1) is 11.7 Å². The number of likely N-dealkylation sites (tertiary alicyclic amines) is 1. The predicted octanol–water partition coefficient (Wildman–Crippen LogP) is 5.44. The molecule has 8 nitrogen and oxygen atoms in total. The van der Waals surface area contributed by atoms with Gasteiger partial charge in [0.2, 0.25) is 5.91 Å². The molecule has 2 aliphatic carbocycles. The summed E-state index contributed by atoms with van der Waals surface area (Å²) in [6.45, 7) is 1.17. The fourth-order valence-electron chi connectivity index (χ4n) is 6.90. The summed E-state index contributed by atoms with van der Waals surface area (Å²) < 4.78 is 59.4. The van der Waals surface area contributed by atoms with Crippen molar-refractivity contribution in [1.82, 2.24) is 19.6 Å². The van der Waals surface area contributed by atoms with Crippen LogP contribution in [0.4, 0.5) is 17.6 Å². The van der Waals surface area contributed by atoms with Gasteiger partial charge < -0.3 is 20.0 Å². The molecule has 1 amide bonds. The van der Waals surface area contributed by atoms with Crippen molar-refractivity contribution in [2.24, 2.45) is 5.92 Å². The van der Waals surface area contributed by atoms with Gasteiger partial charge in [0, 0.05) is 58.9 Å². The zero-order valence-corrected chi connectivity index (χ0v) is 25.5. The highest BCUT2D eigenvalue weighted by Gasteiger charge is 2.65. The Morgan fingerprint density at radius 3 is 2.49 bits per heavy atom. The van der Waals surface area contributed by atoms with Crippen molar-refractivity contribution in [3.63, 3.8) is 0 Å². The minimum atomic E-state index is -4.58. The van der Waals surface area contributed by atoms with E-state index >= 15 is 4.39 Å². The second-order valence-corrected chi connectivity index (χ2v) is 12.9. The number of fused-ring (bicyclic) bond motifs is 1. The standard InChI is InChI=1S/C32H33ClF4N4O4/c1-39(2)19-10-13-40(16-19)28(42)17-6-9-21-25(15-17)41(38-27(21)20-8-7-18(30(44)45)14-24(20)34)29(43)26-22(4-3-5-23(26)33)31(11-12-31)32(35,36)37/h3-5,7-8,14,17,19,29,43H,6,9-13,15-16H2,1-2H3,(H,44,45)/t17?,19-,29?/m1/s1. The summed E-state index contributed by atoms with van der Waals surface area (Å²) in [7, 11) is 3.92. The molecule has 2 fully saturated rings. The third-order valence-electron chi connectivity index (χ3n) is 9.68. The van der Waals surface area contributed by atoms with Gasteiger partial charge in [0.15, 0.2) is 6.23 Å². The molecule has 1 saturated carbocycles. The summed E-state index contributed by atoms with van der Waals surface area (Å²) in [6, 6.07) is 7.74. The summed E-state index contributed by atoms with van der Waals surface area (Å²) >= 11 is 6.49. The molecule has 2 aromatic carbocycles. The smallest absolute Gasteiger partial charge is 0.398 e. The molecule has 1 aromatic heterocycles. The molecule has 0 radical (unpaired) electrons. The fraction of sp³-hybridized carbons (Fsp3) is 0.469. The number of likely N-dealkylation sites (N-methyl/N-ethyl adjacent to an activating group) is 1. The van der Waals surface area contributed by atoms with Gasteiger partial charge in [-0.25, -0.2) is 13.9 Å². The zero-order valence-electron chi connectivity index (χ0n) is 24.7. The van der Waals surface area contributed by atoms with Crippen LogP contribution in [-0.2, 0) is 23.1 Å². The van der Waals surface area contributed by atoms with Crippen LogP contribution in [0.2, 0.25) is 5.02 Å². The first-order valence-electron chi connectivity index (χ1n) is 14.9. The van der Waals surface area contributed by atoms with Gasteiger partial charge >= 0.3 is 12.1 Å². The van der Waals surface area contributed by atoms with E-state index in [1.165, 1.54) is 35.0 Å². The number of rotatable bonds is 7. The predicted molar refractivity (Wildman–Crippen MR) is 158 cm³/mol. The molecular weight excluding hydrogens is 616 g/mol. The number of carbonyl (C=O) groups is 2. The summed E-state index contributed by atoms with van der Waals surface area (Å²) in [5.74, 6) is -2.70. The van der Waals surface area contributed by atoms with Gasteiger partial charge in [-0.05, 0) is 76.0 Å². The molecule has 0 spiro atoms. The van der Waals surface area contributed by atoms with Crippen molar-refractivity contribution in [2.45, 2.75) is 62.4 Å². The summed E-state index contributed by atoms with van der Waals surface area (Å²) in [5.41, 5.74) is -1.66. The van der Waals surface area contributed by atoms with Crippen molar-refractivity contribution >= 4 is 23.5 Å². The number of amides is 1. The Balaban J connectivity index is 1.44. The molecule has 0 bridgehead atoms. The number of benzene rings is 2. The molecule has 3 aliphatic rings. The van der Waals surface area contributed by atoms with E-state index in [0.29, 0.717) is 37.2 Å². The van der Waals surface area contributed by atoms with Crippen LogP contribution in [0.25, 0.3) is 11.3 Å². The molecule has 2 N–H and O–H groups in total. The van der Waals surface area contributed by atoms with Crippen LogP contribution in [0.3, 0.4) is 0 Å². The van der Waals surface area contributed by atoms with Crippen LogP contribution in [0.15, 0.2) is 36.4 Å². The number of carboxylic acids is 1. The van der Waals surface area contributed by atoms with Crippen molar-refractivity contribution in [2.75, 3.05) is 27.2 Å². The third-order valence-corrected chi connectivity index (χ3v) is 10.0. The first-order chi connectivity index (χ1) is 21.2. The largest absolute Gasteiger partial charge is 0.478 e. The normalized spacial score (nSPS) is 21.6. The minimum Gasteiger partial charge on any atom is -0.478 e. The topological polar surface area (TPSA) is 98.9 Å². The quantitative estimate of drug-likeness (QED) is 0.331. The van der Waals surface area contributed by atoms with Gasteiger partial charge in [-0.2, -0.15) is 18.3 Å². The molecule has 1 saturated heterocycles. The lowest BCUT2D eigenvalue weighted by Crippen LogP contribution is -2.39. The number of aromatic nitrogens is 2. The van der Waals surface area contributed by atoms with E-state index in [2.05, 4.69) is 10.00 Å². The van der Waals surface area contributed by atoms with Crippen molar-refractivity contribution in [1.29, 1.82) is 0 Å². The number of alkyl halides is 3. The molecule has 3 atom stereocenters. The van der Waals surface area contributed by atoms with Crippen molar-refractivity contribution in [3.8, 4) is 11.3 Å². The monoisotopic (exact) mass is 648 g/mol. The highest BCUT2D eigenvalue weighted by atomic mass is 35.5. The van der Waals surface area contributed by atoms with E-state index in [0.717, 1.165) is 12.5 Å². The minimum absolute atomic E-state index is 0.0197. The Bertz CT molecular complexity index is 1670. The Morgan fingerprint density at radius 2 is 1.89 bits per heavy atom. The second-order valence-electron chi connectivity index (χ2n) is 12.5. The molecule has 2 heterocycles. The first-order valence-corrected chi connectivity index (χ1v) is 15.2. The number of nitrogens with zero attached hydrogens (tertiary/aromatic N) is 4. The van der Waals surface area contributed by atoms with E-state index in [4.69, 9.17) is 11.6 Å². The van der Waals surface area contributed by atoms with E-state index < -0.39 is 35.5 Å². The summed E-state index contributed by atoms with van der Waals surface area (Å²) in [6.07, 6.45) is -4.97. The molecular formula is C32H33ClF4N4O4. The van der Waals surface area contributed by atoms with Crippen LogP contribution in [0.5, 0.6) is 0 Å². The average Bonchev–Trinajstić information content (AvgIpc) is 3.52. The average molecular weight is 649 g/mol. The van der Waals surface area contributed by atoms with Gasteiger partial charge in [-0.3, -0.25) is 4.79 Å². The number of aliphatic hydroxyl groups is 1. The Hall–Kier alpha value is -3.48. The molecule has 45 heavy (non-hydrogen) atoms. The Kier molecular flexibility index (Phi) is 7.98. The maximum absolute atomic E-state index is 15.3. The molecule has 240 valence electrons. The van der Waals surface area contributed by atoms with E-state index in [9.17, 15) is 33.0 Å². The Morgan fingerprint density at radius 1 is 1.16 bits per heavy atom. The van der Waals surface area contributed by atoms with Gasteiger partial charge in [0.25, 0.3) is 0 Å². The maximum Gasteiger partial charge on any atom is 0.398 e. The number of aliphatic hydroxyl groups excluding tert-OH is 1. The van der Waals surface area contributed by atoms with E-state index in [1.807, 2.05) is 19.0 Å². The lowest BCUT2D eigenvalue weighted by atomic mass is 9.84. The van der Waals surface area contributed by atoms with Gasteiger partial charge in [-0.15, -0.1) is 0 Å². The second kappa shape index (κ2) is 11.4. The maximum atomic E-state index is 15.3. The number of hydrogen-bond donors (Lipinski definition) is 2. The zero-order chi connectivity index (χ0) is 32.4. The number of carbonyl (C=O) groups excluding carboxylic acids is 1. The van der Waals surface area contributed by atoms with Gasteiger partial charge in [-0.1, -0.05) is 23.7 Å². The van der Waals surface area contributed by atoms with Crippen LogP contribution in [-0.4, -0.2) is 81.1 Å². The van der Waals surface area contributed by atoms with Crippen LogP contribution < -0.4 is 0 Å². The number of carboxylic acid groups (broad SMARTS) is 1. The van der Waals surface area contributed by atoms with Crippen LogP contribution in [0.1, 0.15) is 64.7 Å². The number of aromatic carboxylic acids is 1. The number of hydrogen-bond acceptors (Lipinski definition) is 5. The molecule has 3 aromatic rings. The van der Waals surface area contributed by atoms with Gasteiger partial charge in [0.1, 0.15) is 5.82 Å². The van der Waals surface area contributed by atoms with E-state index in [-0.39, 0.29) is 64.2 Å². The summed E-state index contributed by atoms with van der Waals surface area (Å²) in [5, 5.41) is 25.6. The van der Waals surface area contributed by atoms with Crippen molar-refractivity contribution in [3.05, 3.63) is 75.2 Å². The molecule has 6 rings (SSSR count). The van der Waals surface area contributed by atoms with E-state index in [1.54, 1.807) is 0 Å². The fourth-order valence-corrected chi connectivity index (χ4v) is 7.17. The molecule has 2 unspecified atom stereocenters. The molecule has 13 heteroatoms. The highest BCUT2D eigenvalue weighted by molar-refractivity contribution is 6.31. The lowest BCUT2D eigenvalue weighted by Gasteiger charge is -2.29. The SMILES string of the molecule is CN(C)[C@@H]1CCN(C(=O)C2CCc3c(-c4ccc(C(=O)O)cc4F)nn(C(O)c4c(Cl)cccc4C4(C(F)(F)F)CC4)c3C2)C1. The van der Waals surface area contributed by atoms with Crippen LogP contribution >= 0.6 is 11.6 Å².